The summed E-state index contributed by atoms with van der Waals surface area (Å²) in [6.45, 7) is 2.03. The molecule has 0 N–H and O–H groups in total. The molecule has 0 saturated carbocycles. The van der Waals surface area contributed by atoms with E-state index in [1.54, 1.807) is 0 Å². The smallest absolute Gasteiger partial charge is 0.171 e. The highest BCUT2D eigenvalue weighted by molar-refractivity contribution is 7.98. The monoisotopic (exact) mass is 385 g/mol. The molecule has 2 nitrogen and oxygen atoms in total. The second-order valence-electron chi connectivity index (χ2n) is 6.81. The Morgan fingerprint density at radius 1 is 0.750 bits per heavy atom. The molecule has 0 aliphatic carbocycles. The maximum Gasteiger partial charge on any atom is 0.171 e. The lowest BCUT2D eigenvalue weighted by molar-refractivity contribution is 0.427. The van der Waals surface area contributed by atoms with Crippen molar-refractivity contribution in [3.05, 3.63) is 102 Å². The summed E-state index contributed by atoms with van der Waals surface area (Å²) in [5.41, 5.74) is 7.08. The van der Waals surface area contributed by atoms with Gasteiger partial charge in [-0.3, -0.25) is 0 Å². The molecule has 0 saturated heterocycles. The van der Waals surface area contributed by atoms with E-state index in [9.17, 15) is 0 Å². The van der Waals surface area contributed by atoms with Crippen LogP contribution in [0.4, 0.5) is 0 Å². The molecule has 0 radical (unpaired) electrons. The molecular weight excluding hydrogens is 362 g/mol. The quantitative estimate of drug-likeness (QED) is 0.327. The molecule has 0 aliphatic heterocycles. The molecule has 0 bridgehead atoms. The van der Waals surface area contributed by atoms with Crippen LogP contribution in [-0.4, -0.2) is 10.9 Å². The molecular formula is C25H23NOS. The summed E-state index contributed by atoms with van der Waals surface area (Å²) < 4.78 is 5.68. The van der Waals surface area contributed by atoms with Crippen LogP contribution in [-0.2, 0) is 12.2 Å². The molecule has 140 valence electrons. The minimum Gasteiger partial charge on any atom is -0.356 e. The van der Waals surface area contributed by atoms with E-state index in [0.29, 0.717) is 0 Å². The Balaban J connectivity index is 1.44. The van der Waals surface area contributed by atoms with Gasteiger partial charge >= 0.3 is 0 Å². The van der Waals surface area contributed by atoms with Gasteiger partial charge in [-0.05, 0) is 35.8 Å². The first-order valence-electron chi connectivity index (χ1n) is 9.54. The van der Waals surface area contributed by atoms with Gasteiger partial charge in [-0.1, -0.05) is 90.1 Å². The Morgan fingerprint density at radius 2 is 1.36 bits per heavy atom. The van der Waals surface area contributed by atoms with Crippen LogP contribution in [0.3, 0.4) is 0 Å². The van der Waals surface area contributed by atoms with Gasteiger partial charge in [0.15, 0.2) is 5.76 Å². The number of thioether (sulfide) groups is 1. The van der Waals surface area contributed by atoms with Crippen LogP contribution in [0.15, 0.2) is 89.5 Å². The van der Waals surface area contributed by atoms with Gasteiger partial charge in [-0.25, -0.2) is 0 Å². The molecule has 0 aliphatic rings. The fraction of sp³-hybridized carbons (Fsp3) is 0.160. The predicted molar refractivity (Wildman–Crippen MR) is 118 cm³/mol. The van der Waals surface area contributed by atoms with Crippen molar-refractivity contribution in [2.75, 3.05) is 5.75 Å². The molecule has 1 heterocycles. The van der Waals surface area contributed by atoms with E-state index >= 15 is 0 Å². The van der Waals surface area contributed by atoms with Crippen LogP contribution in [0.25, 0.3) is 22.5 Å². The van der Waals surface area contributed by atoms with Crippen molar-refractivity contribution >= 4 is 11.8 Å². The normalized spacial score (nSPS) is 10.9. The first-order chi connectivity index (χ1) is 13.8. The van der Waals surface area contributed by atoms with E-state index in [1.165, 1.54) is 22.3 Å². The van der Waals surface area contributed by atoms with Crippen LogP contribution in [0.2, 0.25) is 0 Å². The number of hydrogen-bond donors (Lipinski definition) is 0. The van der Waals surface area contributed by atoms with Gasteiger partial charge in [0.25, 0.3) is 0 Å². The summed E-state index contributed by atoms with van der Waals surface area (Å²) in [5, 5.41) is 4.22. The van der Waals surface area contributed by atoms with Crippen molar-refractivity contribution in [3.63, 3.8) is 0 Å². The SMILES string of the molecule is Cc1noc(-c2ccc(-c3ccccc3)cc2)c1CSCCc1ccccc1. The summed E-state index contributed by atoms with van der Waals surface area (Å²) in [6, 6.07) is 29.6. The Hall–Kier alpha value is -2.78. The number of benzene rings is 3. The lowest BCUT2D eigenvalue weighted by Gasteiger charge is -2.06. The number of rotatable bonds is 7. The molecule has 3 aromatic carbocycles. The van der Waals surface area contributed by atoms with E-state index in [-0.39, 0.29) is 0 Å². The fourth-order valence-electron chi connectivity index (χ4n) is 3.24. The van der Waals surface area contributed by atoms with Gasteiger partial charge in [0, 0.05) is 16.9 Å². The third-order valence-corrected chi connectivity index (χ3v) is 5.85. The van der Waals surface area contributed by atoms with Gasteiger partial charge in [0.1, 0.15) is 0 Å². The molecule has 0 atom stereocenters. The van der Waals surface area contributed by atoms with Crippen LogP contribution in [0, 0.1) is 6.92 Å². The molecule has 0 unspecified atom stereocenters. The number of aromatic nitrogens is 1. The van der Waals surface area contributed by atoms with E-state index in [2.05, 4.69) is 84.0 Å². The van der Waals surface area contributed by atoms with E-state index in [4.69, 9.17) is 4.52 Å². The molecule has 4 aromatic rings. The number of hydrogen-bond acceptors (Lipinski definition) is 3. The van der Waals surface area contributed by atoms with E-state index in [0.717, 1.165) is 34.9 Å². The molecule has 0 fully saturated rings. The second-order valence-corrected chi connectivity index (χ2v) is 7.91. The zero-order chi connectivity index (χ0) is 19.2. The standard InChI is InChI=1S/C25H23NOS/c1-19-24(18-28-17-16-20-8-4-2-5-9-20)25(27-26-19)23-14-12-22(13-15-23)21-10-6-3-7-11-21/h2-15H,16-18H2,1H3. The third-order valence-electron chi connectivity index (χ3n) is 4.86. The summed E-state index contributed by atoms with van der Waals surface area (Å²) >= 11 is 1.93. The van der Waals surface area contributed by atoms with Crippen molar-refractivity contribution in [2.24, 2.45) is 0 Å². The molecule has 1 aromatic heterocycles. The first-order valence-corrected chi connectivity index (χ1v) is 10.7. The minimum atomic E-state index is 0.893. The largest absolute Gasteiger partial charge is 0.356 e. The minimum absolute atomic E-state index is 0.893. The summed E-state index contributed by atoms with van der Waals surface area (Å²) in [4.78, 5) is 0. The van der Waals surface area contributed by atoms with Crippen LogP contribution in [0.1, 0.15) is 16.8 Å². The maximum atomic E-state index is 5.68. The first kappa shape index (κ1) is 18.6. The fourth-order valence-corrected chi connectivity index (χ4v) is 4.31. The second kappa shape index (κ2) is 8.94. The van der Waals surface area contributed by atoms with Crippen LogP contribution >= 0.6 is 11.8 Å². The lowest BCUT2D eigenvalue weighted by atomic mass is 10.0. The molecule has 28 heavy (non-hydrogen) atoms. The summed E-state index contributed by atoms with van der Waals surface area (Å²) in [5.74, 6) is 2.89. The van der Waals surface area contributed by atoms with Crippen molar-refractivity contribution in [1.29, 1.82) is 0 Å². The van der Waals surface area contributed by atoms with Crippen LogP contribution in [0.5, 0.6) is 0 Å². The van der Waals surface area contributed by atoms with E-state index in [1.807, 2.05) is 24.8 Å². The van der Waals surface area contributed by atoms with Gasteiger partial charge in [-0.2, -0.15) is 11.8 Å². The highest BCUT2D eigenvalue weighted by Crippen LogP contribution is 2.31. The van der Waals surface area contributed by atoms with Crippen molar-refractivity contribution in [3.8, 4) is 22.5 Å². The van der Waals surface area contributed by atoms with E-state index < -0.39 is 0 Å². The lowest BCUT2D eigenvalue weighted by Crippen LogP contribution is -1.91. The molecule has 0 amide bonds. The van der Waals surface area contributed by atoms with Gasteiger partial charge in [0.2, 0.25) is 0 Å². The number of nitrogens with zero attached hydrogens (tertiary/aromatic N) is 1. The molecule has 3 heteroatoms. The summed E-state index contributed by atoms with van der Waals surface area (Å²) in [7, 11) is 0. The Morgan fingerprint density at radius 3 is 2.07 bits per heavy atom. The highest BCUT2D eigenvalue weighted by atomic mass is 32.2. The van der Waals surface area contributed by atoms with Gasteiger partial charge < -0.3 is 4.52 Å². The third kappa shape index (κ3) is 4.37. The van der Waals surface area contributed by atoms with Crippen molar-refractivity contribution in [2.45, 2.75) is 19.1 Å². The summed E-state index contributed by atoms with van der Waals surface area (Å²) in [6.07, 6.45) is 1.08. The molecule has 0 spiro atoms. The Labute approximate surface area is 170 Å². The predicted octanol–water partition coefficient (Wildman–Crippen LogP) is 6.79. The van der Waals surface area contributed by atoms with Gasteiger partial charge in [0.05, 0.1) is 5.69 Å². The highest BCUT2D eigenvalue weighted by Gasteiger charge is 2.15. The van der Waals surface area contributed by atoms with Crippen molar-refractivity contribution in [1.82, 2.24) is 5.16 Å². The van der Waals surface area contributed by atoms with Gasteiger partial charge in [-0.15, -0.1) is 0 Å². The van der Waals surface area contributed by atoms with Crippen LogP contribution < -0.4 is 0 Å². The average molecular weight is 386 g/mol. The Kier molecular flexibility index (Phi) is 5.93. The Bertz CT molecular complexity index is 1010. The molecule has 4 rings (SSSR count). The zero-order valence-corrected chi connectivity index (χ0v) is 16.8. The zero-order valence-electron chi connectivity index (χ0n) is 16.0. The maximum absolute atomic E-state index is 5.68. The van der Waals surface area contributed by atoms with Crippen molar-refractivity contribution < 1.29 is 4.52 Å². The average Bonchev–Trinajstić information content (AvgIpc) is 3.13. The number of aryl methyl sites for hydroxylation is 2. The topological polar surface area (TPSA) is 26.0 Å².